The Labute approximate surface area is 85.6 Å². The first-order valence-corrected chi connectivity index (χ1v) is 4.89. The summed E-state index contributed by atoms with van der Waals surface area (Å²) in [5.41, 5.74) is -0.182. The van der Waals surface area contributed by atoms with Gasteiger partial charge in [0.05, 0.1) is 6.42 Å². The molecule has 0 spiro atoms. The number of aliphatic carboxylic acids is 1. The Balaban J connectivity index is 3.50. The molecule has 0 unspecified atom stereocenters. The molecule has 0 aromatic carbocycles. The molecule has 0 amide bonds. The van der Waals surface area contributed by atoms with Gasteiger partial charge in [0.1, 0.15) is 0 Å². The third-order valence-corrected chi connectivity index (χ3v) is 1.94. The number of nitrogens with one attached hydrogen (secondary N) is 1. The summed E-state index contributed by atoms with van der Waals surface area (Å²) in [5.74, 6) is -0.742. The van der Waals surface area contributed by atoms with E-state index in [-0.39, 0.29) is 11.8 Å². The molecule has 84 valence electrons. The number of carboxylic acids is 1. The quantitative estimate of drug-likeness (QED) is 0.580. The number of carbonyl (C=O) groups is 1. The summed E-state index contributed by atoms with van der Waals surface area (Å²) in [7, 11) is 1.67. The normalized spacial score (nSPS) is 11.6. The molecule has 0 aromatic rings. The van der Waals surface area contributed by atoms with Crippen molar-refractivity contribution in [3.63, 3.8) is 0 Å². The minimum Gasteiger partial charge on any atom is -0.481 e. The summed E-state index contributed by atoms with van der Waals surface area (Å²) >= 11 is 0. The van der Waals surface area contributed by atoms with Gasteiger partial charge in [-0.3, -0.25) is 4.79 Å². The van der Waals surface area contributed by atoms with Gasteiger partial charge in [0.2, 0.25) is 0 Å². The third kappa shape index (κ3) is 8.01. The van der Waals surface area contributed by atoms with E-state index in [1.54, 1.807) is 7.11 Å². The van der Waals surface area contributed by atoms with Crippen molar-refractivity contribution in [2.45, 2.75) is 26.7 Å². The van der Waals surface area contributed by atoms with Crippen molar-refractivity contribution < 1.29 is 14.6 Å². The van der Waals surface area contributed by atoms with Crippen LogP contribution in [0.5, 0.6) is 0 Å². The molecule has 0 radical (unpaired) electrons. The Morgan fingerprint density at radius 1 is 1.50 bits per heavy atom. The number of hydrogen-bond acceptors (Lipinski definition) is 3. The first kappa shape index (κ1) is 13.4. The number of methoxy groups -OCH3 is 1. The van der Waals surface area contributed by atoms with Gasteiger partial charge in [0, 0.05) is 20.3 Å². The molecule has 0 aromatic heterocycles. The lowest BCUT2D eigenvalue weighted by molar-refractivity contribution is -0.139. The summed E-state index contributed by atoms with van der Waals surface area (Å²) in [5, 5.41) is 11.9. The van der Waals surface area contributed by atoms with Crippen molar-refractivity contribution in [3.8, 4) is 0 Å². The number of hydrogen-bond donors (Lipinski definition) is 2. The predicted molar refractivity (Wildman–Crippen MR) is 55.4 cm³/mol. The van der Waals surface area contributed by atoms with Gasteiger partial charge in [-0.15, -0.1) is 0 Å². The molecule has 0 bridgehead atoms. The van der Waals surface area contributed by atoms with Gasteiger partial charge in [-0.2, -0.15) is 0 Å². The van der Waals surface area contributed by atoms with E-state index in [0.717, 1.165) is 26.1 Å². The molecule has 0 heterocycles. The molecular formula is C10H21NO3. The van der Waals surface area contributed by atoms with Crippen molar-refractivity contribution in [1.29, 1.82) is 0 Å². The average Bonchev–Trinajstić information content (AvgIpc) is 2.01. The van der Waals surface area contributed by atoms with E-state index < -0.39 is 5.97 Å². The summed E-state index contributed by atoms with van der Waals surface area (Å²) in [4.78, 5) is 10.5. The van der Waals surface area contributed by atoms with Crippen molar-refractivity contribution in [2.75, 3.05) is 26.8 Å². The van der Waals surface area contributed by atoms with E-state index in [4.69, 9.17) is 9.84 Å². The number of ether oxygens (including phenoxy) is 1. The van der Waals surface area contributed by atoms with Crippen LogP contribution in [0.3, 0.4) is 0 Å². The SMILES string of the molecule is COCCCNCC(C)(C)CC(=O)O. The third-order valence-electron chi connectivity index (χ3n) is 1.94. The summed E-state index contributed by atoms with van der Waals surface area (Å²) in [6.45, 7) is 6.24. The predicted octanol–water partition coefficient (Wildman–Crippen LogP) is 1.11. The van der Waals surface area contributed by atoms with Crippen LogP contribution in [0.25, 0.3) is 0 Å². The Morgan fingerprint density at radius 2 is 2.14 bits per heavy atom. The molecule has 0 rings (SSSR count). The van der Waals surface area contributed by atoms with Crippen molar-refractivity contribution in [1.82, 2.24) is 5.32 Å². The van der Waals surface area contributed by atoms with Crippen LogP contribution in [-0.4, -0.2) is 37.9 Å². The molecule has 0 atom stereocenters. The monoisotopic (exact) mass is 203 g/mol. The second kappa shape index (κ2) is 6.79. The Kier molecular flexibility index (Phi) is 6.49. The smallest absolute Gasteiger partial charge is 0.303 e. The first-order valence-electron chi connectivity index (χ1n) is 4.89. The second-order valence-corrected chi connectivity index (χ2v) is 4.26. The zero-order valence-corrected chi connectivity index (χ0v) is 9.30. The maximum atomic E-state index is 10.5. The standard InChI is InChI=1S/C10H21NO3/c1-10(2,7-9(12)13)8-11-5-4-6-14-3/h11H,4-8H2,1-3H3,(H,12,13). The lowest BCUT2D eigenvalue weighted by atomic mass is 9.89. The fourth-order valence-electron chi connectivity index (χ4n) is 1.24. The fraction of sp³-hybridized carbons (Fsp3) is 0.900. The van der Waals surface area contributed by atoms with Gasteiger partial charge in [-0.25, -0.2) is 0 Å². The minimum absolute atomic E-state index is 0.182. The Morgan fingerprint density at radius 3 is 2.64 bits per heavy atom. The molecule has 0 saturated carbocycles. The largest absolute Gasteiger partial charge is 0.481 e. The van der Waals surface area contributed by atoms with Gasteiger partial charge in [0.15, 0.2) is 0 Å². The maximum Gasteiger partial charge on any atom is 0.303 e. The van der Waals surface area contributed by atoms with Gasteiger partial charge < -0.3 is 15.2 Å². The number of carboxylic acid groups (broad SMARTS) is 1. The van der Waals surface area contributed by atoms with E-state index in [0.29, 0.717) is 0 Å². The van der Waals surface area contributed by atoms with Crippen LogP contribution >= 0.6 is 0 Å². The zero-order valence-electron chi connectivity index (χ0n) is 9.30. The van der Waals surface area contributed by atoms with E-state index in [2.05, 4.69) is 5.32 Å². The molecule has 2 N–H and O–H groups in total. The van der Waals surface area contributed by atoms with Crippen LogP contribution < -0.4 is 5.32 Å². The topological polar surface area (TPSA) is 58.6 Å². The lowest BCUT2D eigenvalue weighted by Crippen LogP contribution is -2.32. The number of rotatable bonds is 8. The highest BCUT2D eigenvalue weighted by Gasteiger charge is 2.20. The first-order chi connectivity index (χ1) is 6.48. The zero-order chi connectivity index (χ0) is 11.0. The van der Waals surface area contributed by atoms with E-state index in [1.807, 2.05) is 13.8 Å². The molecule has 0 aliphatic rings. The maximum absolute atomic E-state index is 10.5. The minimum atomic E-state index is -0.742. The lowest BCUT2D eigenvalue weighted by Gasteiger charge is -2.22. The molecule has 0 aliphatic heterocycles. The fourth-order valence-corrected chi connectivity index (χ4v) is 1.24. The van der Waals surface area contributed by atoms with Crippen LogP contribution in [0.1, 0.15) is 26.7 Å². The van der Waals surface area contributed by atoms with Crippen molar-refractivity contribution in [2.24, 2.45) is 5.41 Å². The van der Waals surface area contributed by atoms with Gasteiger partial charge in [-0.05, 0) is 18.4 Å². The summed E-state index contributed by atoms with van der Waals surface area (Å²) < 4.78 is 4.90. The van der Waals surface area contributed by atoms with E-state index in [1.165, 1.54) is 0 Å². The molecule has 4 nitrogen and oxygen atoms in total. The van der Waals surface area contributed by atoms with Crippen LogP contribution in [-0.2, 0) is 9.53 Å². The highest BCUT2D eigenvalue weighted by atomic mass is 16.5. The molecular weight excluding hydrogens is 182 g/mol. The highest BCUT2D eigenvalue weighted by molar-refractivity contribution is 5.67. The molecule has 14 heavy (non-hydrogen) atoms. The summed E-state index contributed by atoms with van der Waals surface area (Å²) in [6.07, 6.45) is 1.16. The van der Waals surface area contributed by atoms with Crippen molar-refractivity contribution in [3.05, 3.63) is 0 Å². The van der Waals surface area contributed by atoms with Crippen LogP contribution in [0.4, 0.5) is 0 Å². The molecule has 0 fully saturated rings. The van der Waals surface area contributed by atoms with Crippen LogP contribution in [0.15, 0.2) is 0 Å². The molecule has 4 heteroatoms. The second-order valence-electron chi connectivity index (χ2n) is 4.26. The average molecular weight is 203 g/mol. The Hall–Kier alpha value is -0.610. The molecule has 0 aliphatic carbocycles. The van der Waals surface area contributed by atoms with Gasteiger partial charge in [-0.1, -0.05) is 13.8 Å². The van der Waals surface area contributed by atoms with Crippen molar-refractivity contribution >= 4 is 5.97 Å². The van der Waals surface area contributed by atoms with Gasteiger partial charge in [0.25, 0.3) is 0 Å². The van der Waals surface area contributed by atoms with E-state index >= 15 is 0 Å². The Bertz CT molecular complexity index is 169. The summed E-state index contributed by atoms with van der Waals surface area (Å²) in [6, 6.07) is 0. The van der Waals surface area contributed by atoms with Gasteiger partial charge >= 0.3 is 5.97 Å². The molecule has 0 saturated heterocycles. The van der Waals surface area contributed by atoms with Crippen LogP contribution in [0.2, 0.25) is 0 Å². The highest BCUT2D eigenvalue weighted by Crippen LogP contribution is 2.18. The van der Waals surface area contributed by atoms with E-state index in [9.17, 15) is 4.79 Å². The van der Waals surface area contributed by atoms with Crippen LogP contribution in [0, 0.1) is 5.41 Å².